The highest BCUT2D eigenvalue weighted by molar-refractivity contribution is 5.22. The topological polar surface area (TPSA) is 21.3 Å². The van der Waals surface area contributed by atoms with E-state index in [2.05, 4.69) is 5.32 Å². The van der Waals surface area contributed by atoms with Gasteiger partial charge in [-0.05, 0) is 38.8 Å². The highest BCUT2D eigenvalue weighted by Crippen LogP contribution is 2.23. The summed E-state index contributed by atoms with van der Waals surface area (Å²) in [5.74, 6) is -1.53. The fourth-order valence-corrected chi connectivity index (χ4v) is 2.01. The molecular formula is C15H23F2NO. The number of nitrogens with one attached hydrogen (secondary N) is 1. The van der Waals surface area contributed by atoms with Crippen molar-refractivity contribution in [2.75, 3.05) is 19.8 Å². The molecule has 0 saturated carbocycles. The lowest BCUT2D eigenvalue weighted by molar-refractivity contribution is 0.140. The van der Waals surface area contributed by atoms with Crippen LogP contribution in [0.15, 0.2) is 18.2 Å². The number of hydrogen-bond donors (Lipinski definition) is 1. The molecule has 1 aromatic carbocycles. The minimum atomic E-state index is -0.786. The fourth-order valence-electron chi connectivity index (χ4n) is 2.01. The zero-order valence-electron chi connectivity index (χ0n) is 11.7. The van der Waals surface area contributed by atoms with Crippen LogP contribution in [-0.2, 0) is 4.74 Å². The van der Waals surface area contributed by atoms with Gasteiger partial charge in [0.05, 0.1) is 0 Å². The van der Waals surface area contributed by atoms with Gasteiger partial charge in [-0.25, -0.2) is 8.78 Å². The summed E-state index contributed by atoms with van der Waals surface area (Å²) < 4.78 is 32.4. The van der Waals surface area contributed by atoms with Crippen molar-refractivity contribution in [3.8, 4) is 0 Å². The molecule has 0 aliphatic carbocycles. The van der Waals surface area contributed by atoms with Crippen LogP contribution in [0.2, 0.25) is 0 Å². The first-order chi connectivity index (χ1) is 9.20. The molecule has 0 amide bonds. The van der Waals surface area contributed by atoms with Crippen LogP contribution in [0.25, 0.3) is 0 Å². The minimum absolute atomic E-state index is 0.156. The number of halogens is 2. The first kappa shape index (κ1) is 16.1. The maximum atomic E-state index is 13.8. The lowest BCUT2D eigenvalue weighted by Gasteiger charge is -2.19. The molecule has 0 aliphatic rings. The van der Waals surface area contributed by atoms with Gasteiger partial charge in [0.15, 0.2) is 11.6 Å². The van der Waals surface area contributed by atoms with Crippen molar-refractivity contribution in [1.29, 1.82) is 0 Å². The van der Waals surface area contributed by atoms with E-state index in [4.69, 9.17) is 4.74 Å². The second-order valence-electron chi connectivity index (χ2n) is 4.49. The monoisotopic (exact) mass is 271 g/mol. The molecule has 0 fully saturated rings. The van der Waals surface area contributed by atoms with E-state index in [0.29, 0.717) is 18.8 Å². The Kier molecular flexibility index (Phi) is 7.60. The summed E-state index contributed by atoms with van der Waals surface area (Å²) in [6.07, 6.45) is 2.52. The SMILES string of the molecule is CCCNC(CCCOCC)c1cccc(F)c1F. The Balaban J connectivity index is 2.69. The molecule has 19 heavy (non-hydrogen) atoms. The van der Waals surface area contributed by atoms with Gasteiger partial charge in [0.2, 0.25) is 0 Å². The molecular weight excluding hydrogens is 248 g/mol. The zero-order valence-corrected chi connectivity index (χ0v) is 11.7. The molecule has 1 N–H and O–H groups in total. The molecule has 0 aromatic heterocycles. The molecule has 0 radical (unpaired) electrons. The molecule has 0 heterocycles. The van der Waals surface area contributed by atoms with E-state index < -0.39 is 11.6 Å². The van der Waals surface area contributed by atoms with Crippen LogP contribution in [0.4, 0.5) is 8.78 Å². The van der Waals surface area contributed by atoms with Crippen LogP contribution < -0.4 is 5.32 Å². The van der Waals surface area contributed by atoms with Gasteiger partial charge >= 0.3 is 0 Å². The highest BCUT2D eigenvalue weighted by atomic mass is 19.2. The van der Waals surface area contributed by atoms with E-state index in [1.165, 1.54) is 0 Å². The van der Waals surface area contributed by atoms with Crippen LogP contribution in [-0.4, -0.2) is 19.8 Å². The molecule has 0 spiro atoms. The maximum absolute atomic E-state index is 13.8. The zero-order chi connectivity index (χ0) is 14.1. The van der Waals surface area contributed by atoms with Gasteiger partial charge in [0, 0.05) is 24.8 Å². The average Bonchev–Trinajstić information content (AvgIpc) is 2.42. The van der Waals surface area contributed by atoms with Gasteiger partial charge in [-0.2, -0.15) is 0 Å². The van der Waals surface area contributed by atoms with Crippen molar-refractivity contribution in [2.45, 2.75) is 39.2 Å². The predicted octanol–water partition coefficient (Wildman–Crippen LogP) is 3.82. The summed E-state index contributed by atoms with van der Waals surface area (Å²) in [5, 5.41) is 3.27. The average molecular weight is 271 g/mol. The Morgan fingerprint density at radius 1 is 1.26 bits per heavy atom. The first-order valence-electron chi connectivity index (χ1n) is 6.95. The van der Waals surface area contributed by atoms with E-state index in [-0.39, 0.29) is 6.04 Å². The second-order valence-corrected chi connectivity index (χ2v) is 4.49. The molecule has 0 saturated heterocycles. The first-order valence-corrected chi connectivity index (χ1v) is 6.95. The van der Waals surface area contributed by atoms with E-state index in [1.807, 2.05) is 13.8 Å². The molecule has 4 heteroatoms. The summed E-state index contributed by atoms with van der Waals surface area (Å²) in [4.78, 5) is 0. The smallest absolute Gasteiger partial charge is 0.163 e. The molecule has 1 aromatic rings. The normalized spacial score (nSPS) is 12.6. The van der Waals surface area contributed by atoms with Crippen molar-refractivity contribution < 1.29 is 13.5 Å². The van der Waals surface area contributed by atoms with Gasteiger partial charge in [-0.1, -0.05) is 19.1 Å². The summed E-state index contributed by atoms with van der Waals surface area (Å²) >= 11 is 0. The van der Waals surface area contributed by atoms with E-state index in [0.717, 1.165) is 31.9 Å². The Morgan fingerprint density at radius 2 is 2.05 bits per heavy atom. The Labute approximate surface area is 114 Å². The summed E-state index contributed by atoms with van der Waals surface area (Å²) in [7, 11) is 0. The largest absolute Gasteiger partial charge is 0.382 e. The molecule has 2 nitrogen and oxygen atoms in total. The van der Waals surface area contributed by atoms with Crippen molar-refractivity contribution in [2.24, 2.45) is 0 Å². The predicted molar refractivity (Wildman–Crippen MR) is 73.1 cm³/mol. The van der Waals surface area contributed by atoms with E-state index in [9.17, 15) is 8.78 Å². The summed E-state index contributed by atoms with van der Waals surface area (Å²) in [5.41, 5.74) is 0.407. The minimum Gasteiger partial charge on any atom is -0.382 e. The van der Waals surface area contributed by atoms with Gasteiger partial charge in [0.25, 0.3) is 0 Å². The standard InChI is InChI=1S/C15H23F2NO/c1-3-10-18-14(9-6-11-19-4-2)12-7-5-8-13(16)15(12)17/h5,7-8,14,18H,3-4,6,9-11H2,1-2H3. The van der Waals surface area contributed by atoms with Crippen LogP contribution in [0.1, 0.15) is 44.7 Å². The third kappa shape index (κ3) is 5.25. The van der Waals surface area contributed by atoms with Crippen LogP contribution in [0.3, 0.4) is 0 Å². The van der Waals surface area contributed by atoms with Crippen molar-refractivity contribution in [3.05, 3.63) is 35.4 Å². The quantitative estimate of drug-likeness (QED) is 0.689. The fraction of sp³-hybridized carbons (Fsp3) is 0.600. The van der Waals surface area contributed by atoms with E-state index >= 15 is 0 Å². The number of ether oxygens (including phenoxy) is 1. The molecule has 0 aliphatic heterocycles. The second kappa shape index (κ2) is 8.99. The Bertz CT molecular complexity index is 371. The maximum Gasteiger partial charge on any atom is 0.163 e. The van der Waals surface area contributed by atoms with E-state index in [1.54, 1.807) is 12.1 Å². The lowest BCUT2D eigenvalue weighted by atomic mass is 10.0. The van der Waals surface area contributed by atoms with Crippen molar-refractivity contribution in [3.63, 3.8) is 0 Å². The van der Waals surface area contributed by atoms with Crippen LogP contribution >= 0.6 is 0 Å². The Morgan fingerprint density at radius 3 is 2.74 bits per heavy atom. The van der Waals surface area contributed by atoms with Gasteiger partial charge in [0.1, 0.15) is 0 Å². The number of hydrogen-bond acceptors (Lipinski definition) is 2. The van der Waals surface area contributed by atoms with Gasteiger partial charge in [-0.3, -0.25) is 0 Å². The van der Waals surface area contributed by atoms with Gasteiger partial charge in [-0.15, -0.1) is 0 Å². The van der Waals surface area contributed by atoms with Crippen LogP contribution in [0.5, 0.6) is 0 Å². The van der Waals surface area contributed by atoms with Gasteiger partial charge < -0.3 is 10.1 Å². The summed E-state index contributed by atoms with van der Waals surface area (Å²) in [6, 6.07) is 4.19. The molecule has 1 rings (SSSR count). The third-order valence-electron chi connectivity index (χ3n) is 2.98. The highest BCUT2D eigenvalue weighted by Gasteiger charge is 2.17. The van der Waals surface area contributed by atoms with Crippen molar-refractivity contribution >= 4 is 0 Å². The molecule has 1 unspecified atom stereocenters. The Hall–Kier alpha value is -1.00. The molecule has 0 bridgehead atoms. The number of rotatable bonds is 9. The van der Waals surface area contributed by atoms with Crippen LogP contribution in [0, 0.1) is 11.6 Å². The molecule has 108 valence electrons. The molecule has 1 atom stereocenters. The lowest BCUT2D eigenvalue weighted by Crippen LogP contribution is -2.23. The third-order valence-corrected chi connectivity index (χ3v) is 2.98. The van der Waals surface area contributed by atoms with Crippen molar-refractivity contribution in [1.82, 2.24) is 5.32 Å². The number of benzene rings is 1. The summed E-state index contributed by atoms with van der Waals surface area (Å²) in [6.45, 7) is 6.11.